The maximum absolute atomic E-state index is 16.6. The molecule has 4 aliphatic heterocycles. The van der Waals surface area contributed by atoms with Gasteiger partial charge in [-0.2, -0.15) is 0 Å². The monoisotopic (exact) mass is 893 g/mol. The maximum atomic E-state index is 16.6. The minimum atomic E-state index is -3.10. The molecule has 17 heteroatoms. The number of amides is 4. The van der Waals surface area contributed by atoms with Gasteiger partial charge in [0.05, 0.1) is 42.5 Å². The van der Waals surface area contributed by atoms with Crippen molar-refractivity contribution < 1.29 is 36.7 Å². The van der Waals surface area contributed by atoms with E-state index in [4.69, 9.17) is 0 Å². The Morgan fingerprint density at radius 1 is 0.908 bits per heavy atom. The van der Waals surface area contributed by atoms with Crippen molar-refractivity contribution in [2.75, 3.05) is 58.3 Å². The standard InChI is InChI=1S/C48H51F4N9O4/c1-57(2)47(65)39-26-37-35(25-36(44(50)45(37)54-39)33-4-3-18-59(27-33)43(63)16-22-61-23-17-53-56-61)31-7-5-29(6-8-31)30-13-19-58(20-14-30)41-15-21-60(28-48(41,51)52)40-11-9-32(24-38(40)49)34-10-12-42(62)55-46(34)64/h4-9,11,17,23-26,30,34,41,54H,3,10,12-16,18-22,27-28H2,1-2H3,(H,55,62,64)/t34?,41-/m0/s1. The number of hydrogen-bond acceptors (Lipinski definition) is 8. The van der Waals surface area contributed by atoms with Gasteiger partial charge in [0.15, 0.2) is 5.82 Å². The number of carbonyl (C=O) groups is 4. The largest absolute Gasteiger partial charge is 0.363 e. The molecule has 3 aromatic carbocycles. The number of likely N-dealkylation sites (tertiary alicyclic amines) is 1. The Morgan fingerprint density at radius 3 is 2.37 bits per heavy atom. The van der Waals surface area contributed by atoms with Crippen molar-refractivity contribution in [3.63, 3.8) is 0 Å². The zero-order valence-electron chi connectivity index (χ0n) is 36.3. The third-order valence-corrected chi connectivity index (χ3v) is 13.5. The van der Waals surface area contributed by atoms with Crippen LogP contribution in [0.2, 0.25) is 0 Å². The van der Waals surface area contributed by atoms with E-state index in [1.807, 2.05) is 35.2 Å². The number of halogens is 4. The molecule has 6 heterocycles. The number of nitrogens with zero attached hydrogens (tertiary/aromatic N) is 7. The number of anilines is 1. The molecule has 3 fully saturated rings. The van der Waals surface area contributed by atoms with Crippen LogP contribution in [-0.4, -0.2) is 124 Å². The van der Waals surface area contributed by atoms with Gasteiger partial charge < -0.3 is 19.7 Å². The third-order valence-electron chi connectivity index (χ3n) is 13.5. The summed E-state index contributed by atoms with van der Waals surface area (Å²) in [5.74, 6) is -6.04. The fourth-order valence-corrected chi connectivity index (χ4v) is 10.0. The average molecular weight is 894 g/mol. The van der Waals surface area contributed by atoms with Gasteiger partial charge in [0.2, 0.25) is 17.7 Å². The van der Waals surface area contributed by atoms with E-state index in [1.165, 1.54) is 21.9 Å². The molecular formula is C48H51F4N9O4. The van der Waals surface area contributed by atoms with Crippen LogP contribution in [0.3, 0.4) is 0 Å². The fraction of sp³-hybridized carbons (Fsp3) is 0.417. The molecule has 13 nitrogen and oxygen atoms in total. The summed E-state index contributed by atoms with van der Waals surface area (Å²) < 4.78 is 65.5. The molecule has 3 saturated heterocycles. The molecule has 2 atom stereocenters. The molecule has 9 rings (SSSR count). The fourth-order valence-electron chi connectivity index (χ4n) is 10.0. The number of imide groups is 1. The van der Waals surface area contributed by atoms with Crippen LogP contribution in [-0.2, 0) is 20.9 Å². The normalized spacial score (nSPS) is 20.8. The van der Waals surface area contributed by atoms with E-state index in [0.29, 0.717) is 67.5 Å². The summed E-state index contributed by atoms with van der Waals surface area (Å²) in [6, 6.07) is 14.8. The van der Waals surface area contributed by atoms with E-state index in [9.17, 15) is 19.2 Å². The molecule has 0 saturated carbocycles. The van der Waals surface area contributed by atoms with Crippen molar-refractivity contribution in [2.24, 2.45) is 0 Å². The van der Waals surface area contributed by atoms with E-state index < -0.39 is 42.0 Å². The molecule has 5 aromatic rings. The number of aromatic amines is 1. The Balaban J connectivity index is 0.878. The first-order valence-corrected chi connectivity index (χ1v) is 22.2. The second kappa shape index (κ2) is 17.9. The minimum Gasteiger partial charge on any atom is -0.363 e. The Bertz CT molecular complexity index is 2660. The molecule has 0 aliphatic carbocycles. The molecule has 0 bridgehead atoms. The summed E-state index contributed by atoms with van der Waals surface area (Å²) in [5.41, 5.74) is 4.55. The van der Waals surface area contributed by atoms with E-state index in [1.54, 1.807) is 54.3 Å². The number of hydrogen-bond donors (Lipinski definition) is 2. The predicted molar refractivity (Wildman–Crippen MR) is 236 cm³/mol. The van der Waals surface area contributed by atoms with Gasteiger partial charge in [0, 0.05) is 63.7 Å². The van der Waals surface area contributed by atoms with Crippen molar-refractivity contribution in [1.82, 2.24) is 40.0 Å². The average Bonchev–Trinajstić information content (AvgIpc) is 4.00. The number of aromatic nitrogens is 4. The van der Waals surface area contributed by atoms with E-state index in [0.717, 1.165) is 16.7 Å². The summed E-state index contributed by atoms with van der Waals surface area (Å²) in [4.78, 5) is 59.7. The van der Waals surface area contributed by atoms with Gasteiger partial charge in [0.25, 0.3) is 11.8 Å². The van der Waals surface area contributed by atoms with Crippen LogP contribution < -0.4 is 10.2 Å². The Hall–Kier alpha value is -6.36. The SMILES string of the molecule is CN(C)C(=O)c1cc2c(-c3ccc(C4CCN([C@H]5CCN(c6ccc(C7CCC(=O)NC7=O)cc6F)CC5(F)F)CC4)cc3)cc(C3=CCCN(C(=O)CCn4ccnn4)C3)c(F)c2[nH]1. The lowest BCUT2D eigenvalue weighted by Gasteiger charge is -2.46. The zero-order chi connectivity index (χ0) is 45.6. The highest BCUT2D eigenvalue weighted by Crippen LogP contribution is 2.41. The number of carbonyl (C=O) groups excluding carboxylic acids is 4. The highest BCUT2D eigenvalue weighted by atomic mass is 19.3. The number of rotatable bonds is 10. The van der Waals surface area contributed by atoms with Crippen molar-refractivity contribution in [3.05, 3.63) is 107 Å². The van der Waals surface area contributed by atoms with Crippen molar-refractivity contribution in [1.29, 1.82) is 0 Å². The summed E-state index contributed by atoms with van der Waals surface area (Å²) in [5, 5.41) is 10.6. The molecular weight excluding hydrogens is 843 g/mol. The quantitative estimate of drug-likeness (QED) is 0.116. The molecule has 4 aliphatic rings. The number of H-pyrrole nitrogens is 1. The topological polar surface area (TPSA) is 140 Å². The highest BCUT2D eigenvalue weighted by molar-refractivity contribution is 6.04. The molecule has 65 heavy (non-hydrogen) atoms. The van der Waals surface area contributed by atoms with E-state index in [-0.39, 0.29) is 79.3 Å². The first-order valence-electron chi connectivity index (χ1n) is 22.2. The lowest BCUT2D eigenvalue weighted by Crippen LogP contribution is -2.59. The first-order chi connectivity index (χ1) is 31.2. The molecule has 0 spiro atoms. The number of alkyl halides is 2. The van der Waals surface area contributed by atoms with Crippen molar-refractivity contribution in [2.45, 2.75) is 75.3 Å². The Kier molecular flexibility index (Phi) is 12.1. The lowest BCUT2D eigenvalue weighted by atomic mass is 9.86. The number of piperidine rings is 3. The zero-order valence-corrected chi connectivity index (χ0v) is 36.3. The van der Waals surface area contributed by atoms with E-state index >= 15 is 17.6 Å². The molecule has 0 radical (unpaired) electrons. The van der Waals surface area contributed by atoms with Crippen LogP contribution in [0.15, 0.2) is 73.1 Å². The summed E-state index contributed by atoms with van der Waals surface area (Å²) >= 11 is 0. The number of aryl methyl sites for hydroxylation is 1. The van der Waals surface area contributed by atoms with Gasteiger partial charge in [0.1, 0.15) is 11.5 Å². The maximum Gasteiger partial charge on any atom is 0.280 e. The van der Waals surface area contributed by atoms with Gasteiger partial charge in [-0.1, -0.05) is 41.6 Å². The summed E-state index contributed by atoms with van der Waals surface area (Å²) in [6.45, 7) is 1.69. The third kappa shape index (κ3) is 8.89. The van der Waals surface area contributed by atoms with Crippen LogP contribution in [0.5, 0.6) is 0 Å². The van der Waals surface area contributed by atoms with Crippen molar-refractivity contribution >= 4 is 45.8 Å². The second-order valence-electron chi connectivity index (χ2n) is 17.8. The van der Waals surface area contributed by atoms with Gasteiger partial charge in [-0.3, -0.25) is 34.1 Å². The van der Waals surface area contributed by atoms with Crippen LogP contribution in [0, 0.1) is 11.6 Å². The van der Waals surface area contributed by atoms with Crippen LogP contribution >= 0.6 is 0 Å². The highest BCUT2D eigenvalue weighted by Gasteiger charge is 2.48. The van der Waals surface area contributed by atoms with Crippen molar-refractivity contribution in [3.8, 4) is 11.1 Å². The number of fused-ring (bicyclic) bond motifs is 1. The number of benzene rings is 3. The lowest BCUT2D eigenvalue weighted by molar-refractivity contribution is -0.134. The second-order valence-corrected chi connectivity index (χ2v) is 17.8. The molecule has 340 valence electrons. The Labute approximate surface area is 373 Å². The van der Waals surface area contributed by atoms with Gasteiger partial charge in [-0.05, 0) is 103 Å². The molecule has 4 amide bonds. The molecule has 1 unspecified atom stereocenters. The predicted octanol–water partition coefficient (Wildman–Crippen LogP) is 6.73. The van der Waals surface area contributed by atoms with Crippen LogP contribution in [0.1, 0.15) is 84.0 Å². The van der Waals surface area contributed by atoms with Gasteiger partial charge in [-0.25, -0.2) is 17.6 Å². The van der Waals surface area contributed by atoms with E-state index in [2.05, 4.69) is 20.6 Å². The first kappa shape index (κ1) is 43.9. The number of nitrogens with one attached hydrogen (secondary N) is 2. The smallest absolute Gasteiger partial charge is 0.280 e. The Morgan fingerprint density at radius 2 is 1.68 bits per heavy atom. The minimum absolute atomic E-state index is 0.0681. The molecule has 2 N–H and O–H groups in total. The molecule has 2 aromatic heterocycles. The van der Waals surface area contributed by atoms with Crippen LogP contribution in [0.25, 0.3) is 27.6 Å². The van der Waals surface area contributed by atoms with Crippen LogP contribution in [0.4, 0.5) is 23.2 Å². The summed E-state index contributed by atoms with van der Waals surface area (Å²) in [7, 11) is 3.26. The summed E-state index contributed by atoms with van der Waals surface area (Å²) in [6.07, 6.45) is 7.92. The van der Waals surface area contributed by atoms with Gasteiger partial charge in [-0.15, -0.1) is 5.10 Å². The van der Waals surface area contributed by atoms with Gasteiger partial charge >= 0.3 is 0 Å².